The predicted octanol–water partition coefficient (Wildman–Crippen LogP) is 1.04. The van der Waals surface area contributed by atoms with E-state index in [4.69, 9.17) is 22.7 Å². The number of hydrogen-bond acceptors (Lipinski definition) is 5. The zero-order valence-electron chi connectivity index (χ0n) is 11.9. The molecule has 0 atom stereocenters. The zero-order valence-corrected chi connectivity index (χ0v) is 13.5. The van der Waals surface area contributed by atoms with Crippen molar-refractivity contribution in [2.45, 2.75) is 13.3 Å². The van der Waals surface area contributed by atoms with Crippen LogP contribution in [0, 0.1) is 0 Å². The van der Waals surface area contributed by atoms with E-state index in [-0.39, 0.29) is 23.8 Å². The van der Waals surface area contributed by atoms with Crippen molar-refractivity contribution in [3.05, 3.63) is 29.8 Å². The number of sulfonamides is 1. The molecule has 0 aliphatic carbocycles. The Bertz CT molecular complexity index is 612. The maximum absolute atomic E-state index is 12.1. The van der Waals surface area contributed by atoms with Gasteiger partial charge in [-0.3, -0.25) is 9.10 Å². The molecule has 0 heterocycles. The van der Waals surface area contributed by atoms with E-state index in [0.717, 1.165) is 4.31 Å². The Kier molecular flexibility index (Phi) is 6.10. The van der Waals surface area contributed by atoms with Crippen LogP contribution in [0.5, 0.6) is 0 Å². The fourth-order valence-electron chi connectivity index (χ4n) is 1.58. The van der Waals surface area contributed by atoms with Crippen molar-refractivity contribution in [1.29, 1.82) is 0 Å². The van der Waals surface area contributed by atoms with Crippen molar-refractivity contribution in [3.8, 4) is 0 Å². The third-order valence-corrected chi connectivity index (χ3v) is 4.80. The first-order chi connectivity index (χ1) is 9.77. The smallest absolute Gasteiger partial charge is 0.306 e. The summed E-state index contributed by atoms with van der Waals surface area (Å²) in [6.07, 6.45) is -0.175. The second kappa shape index (κ2) is 7.37. The molecule has 0 aliphatic heterocycles. The number of carbonyl (C=O) groups is 1. The number of thiocarbonyl (C=S) groups is 1. The average molecular weight is 330 g/mol. The number of nitrogens with two attached hydrogens (primary N) is 1. The second-order valence-corrected chi connectivity index (χ2v) is 6.81. The van der Waals surface area contributed by atoms with E-state index in [2.05, 4.69) is 0 Å². The molecule has 0 unspecified atom stereocenters. The summed E-state index contributed by atoms with van der Waals surface area (Å²) < 4.78 is 30.1. The number of anilines is 1. The van der Waals surface area contributed by atoms with Crippen LogP contribution in [-0.4, -0.2) is 38.8 Å². The Morgan fingerprint density at radius 2 is 1.90 bits per heavy atom. The summed E-state index contributed by atoms with van der Waals surface area (Å²) in [5.74, 6) is -0.836. The predicted molar refractivity (Wildman–Crippen MR) is 85.8 cm³/mol. The van der Waals surface area contributed by atoms with E-state index >= 15 is 0 Å². The van der Waals surface area contributed by atoms with E-state index in [9.17, 15) is 13.2 Å². The van der Waals surface area contributed by atoms with Crippen molar-refractivity contribution < 1.29 is 17.9 Å². The lowest BCUT2D eigenvalue weighted by Crippen LogP contribution is -2.30. The van der Waals surface area contributed by atoms with Crippen LogP contribution in [-0.2, 0) is 19.6 Å². The van der Waals surface area contributed by atoms with Gasteiger partial charge in [-0.25, -0.2) is 8.42 Å². The first kappa shape index (κ1) is 17.4. The number of carbonyl (C=O) groups excluding carboxylic acids is 1. The van der Waals surface area contributed by atoms with Crippen molar-refractivity contribution in [3.63, 3.8) is 0 Å². The van der Waals surface area contributed by atoms with Gasteiger partial charge < -0.3 is 10.5 Å². The number of rotatable bonds is 7. The summed E-state index contributed by atoms with van der Waals surface area (Å²) in [5, 5.41) is 0. The Morgan fingerprint density at radius 3 is 2.38 bits per heavy atom. The van der Waals surface area contributed by atoms with Crippen LogP contribution in [0.15, 0.2) is 24.3 Å². The summed E-state index contributed by atoms with van der Waals surface area (Å²) in [5.41, 5.74) is 6.61. The van der Waals surface area contributed by atoms with Gasteiger partial charge in [0.15, 0.2) is 0 Å². The molecule has 21 heavy (non-hydrogen) atoms. The van der Waals surface area contributed by atoms with Gasteiger partial charge in [0.1, 0.15) is 4.99 Å². The number of hydrogen-bond donors (Lipinski definition) is 1. The molecule has 1 aromatic rings. The minimum atomic E-state index is -3.59. The standard InChI is InChI=1S/C13H18N2O4S2/c1-3-19-12(16)8-9-21(17,18)15(2)11-6-4-10(5-7-11)13(14)20/h4-7H,3,8-9H2,1-2H3,(H2,14,20). The summed E-state index contributed by atoms with van der Waals surface area (Å²) in [6.45, 7) is 1.90. The highest BCUT2D eigenvalue weighted by Crippen LogP contribution is 2.18. The van der Waals surface area contributed by atoms with Crippen LogP contribution in [0.25, 0.3) is 0 Å². The van der Waals surface area contributed by atoms with Crippen LogP contribution >= 0.6 is 12.2 Å². The van der Waals surface area contributed by atoms with Gasteiger partial charge in [-0.15, -0.1) is 0 Å². The molecular weight excluding hydrogens is 312 g/mol. The zero-order chi connectivity index (χ0) is 16.0. The van der Waals surface area contributed by atoms with E-state index in [1.807, 2.05) is 0 Å². The van der Waals surface area contributed by atoms with E-state index in [0.29, 0.717) is 11.3 Å². The molecule has 2 N–H and O–H groups in total. The molecule has 0 amide bonds. The maximum Gasteiger partial charge on any atom is 0.306 e. The number of nitrogens with zero attached hydrogens (tertiary/aromatic N) is 1. The molecule has 0 spiro atoms. The van der Waals surface area contributed by atoms with Gasteiger partial charge in [-0.2, -0.15) is 0 Å². The summed E-state index contributed by atoms with van der Waals surface area (Å²) in [6, 6.07) is 6.51. The quantitative estimate of drug-likeness (QED) is 0.593. The number of ether oxygens (including phenoxy) is 1. The van der Waals surface area contributed by atoms with Gasteiger partial charge in [0.25, 0.3) is 0 Å². The van der Waals surface area contributed by atoms with Crippen LogP contribution in [0.4, 0.5) is 5.69 Å². The van der Waals surface area contributed by atoms with Gasteiger partial charge in [0.05, 0.1) is 24.5 Å². The molecule has 0 saturated carbocycles. The van der Waals surface area contributed by atoms with Gasteiger partial charge >= 0.3 is 5.97 Å². The van der Waals surface area contributed by atoms with E-state index in [1.54, 1.807) is 31.2 Å². The van der Waals surface area contributed by atoms with E-state index < -0.39 is 16.0 Å². The Hall–Kier alpha value is -1.67. The van der Waals surface area contributed by atoms with Gasteiger partial charge in [-0.1, -0.05) is 12.2 Å². The van der Waals surface area contributed by atoms with Crippen LogP contribution in [0.3, 0.4) is 0 Å². The lowest BCUT2D eigenvalue weighted by atomic mass is 10.2. The molecule has 1 aromatic carbocycles. The highest BCUT2D eigenvalue weighted by molar-refractivity contribution is 7.92. The first-order valence-corrected chi connectivity index (χ1v) is 8.31. The summed E-state index contributed by atoms with van der Waals surface area (Å²) in [7, 11) is -2.16. The molecule has 0 bridgehead atoms. The summed E-state index contributed by atoms with van der Waals surface area (Å²) in [4.78, 5) is 11.5. The second-order valence-electron chi connectivity index (χ2n) is 4.25. The highest BCUT2D eigenvalue weighted by Gasteiger charge is 2.20. The molecule has 0 aliphatic rings. The van der Waals surface area contributed by atoms with Gasteiger partial charge in [0.2, 0.25) is 10.0 Å². The monoisotopic (exact) mass is 330 g/mol. The molecule has 8 heteroatoms. The molecule has 1 rings (SSSR count). The molecule has 6 nitrogen and oxygen atoms in total. The average Bonchev–Trinajstić information content (AvgIpc) is 2.45. The van der Waals surface area contributed by atoms with Crippen molar-refractivity contribution in [1.82, 2.24) is 0 Å². The number of benzene rings is 1. The van der Waals surface area contributed by atoms with Crippen LogP contribution in [0.1, 0.15) is 18.9 Å². The minimum absolute atomic E-state index is 0.175. The van der Waals surface area contributed by atoms with Crippen molar-refractivity contribution >= 4 is 38.9 Å². The molecule has 0 aromatic heterocycles. The third-order valence-electron chi connectivity index (χ3n) is 2.80. The molecule has 0 fully saturated rings. The molecule has 0 saturated heterocycles. The van der Waals surface area contributed by atoms with Crippen molar-refractivity contribution in [2.75, 3.05) is 23.7 Å². The Labute approximate surface area is 129 Å². The lowest BCUT2D eigenvalue weighted by molar-refractivity contribution is -0.142. The van der Waals surface area contributed by atoms with Crippen LogP contribution in [0.2, 0.25) is 0 Å². The minimum Gasteiger partial charge on any atom is -0.466 e. The lowest BCUT2D eigenvalue weighted by Gasteiger charge is -2.19. The number of esters is 1. The topological polar surface area (TPSA) is 89.7 Å². The maximum atomic E-state index is 12.1. The first-order valence-electron chi connectivity index (χ1n) is 6.30. The highest BCUT2D eigenvalue weighted by atomic mass is 32.2. The molecule has 116 valence electrons. The van der Waals surface area contributed by atoms with Gasteiger partial charge in [0, 0.05) is 12.6 Å². The Morgan fingerprint density at radius 1 is 1.33 bits per heavy atom. The molecular formula is C13H18N2O4S2. The third kappa shape index (κ3) is 4.98. The largest absolute Gasteiger partial charge is 0.466 e. The van der Waals surface area contributed by atoms with Crippen molar-refractivity contribution in [2.24, 2.45) is 5.73 Å². The molecule has 0 radical (unpaired) electrons. The fourth-order valence-corrected chi connectivity index (χ4v) is 2.86. The van der Waals surface area contributed by atoms with E-state index in [1.165, 1.54) is 7.05 Å². The Balaban J connectivity index is 2.78. The summed E-state index contributed by atoms with van der Waals surface area (Å²) >= 11 is 4.83. The fraction of sp³-hybridized carbons (Fsp3) is 0.385. The van der Waals surface area contributed by atoms with Gasteiger partial charge in [-0.05, 0) is 31.2 Å². The normalized spacial score (nSPS) is 11.0. The van der Waals surface area contributed by atoms with Crippen LogP contribution < -0.4 is 10.0 Å². The SMILES string of the molecule is CCOC(=O)CCS(=O)(=O)N(C)c1ccc(C(N)=S)cc1.